The Morgan fingerprint density at radius 1 is 1.08 bits per heavy atom. The number of anilines is 2. The van der Waals surface area contributed by atoms with Crippen LogP contribution < -0.4 is 15.5 Å². The first-order chi connectivity index (χ1) is 17.2. The molecule has 0 saturated heterocycles. The van der Waals surface area contributed by atoms with Crippen LogP contribution in [0.1, 0.15) is 61.9 Å². The predicted molar refractivity (Wildman–Crippen MR) is 137 cm³/mol. The highest BCUT2D eigenvalue weighted by molar-refractivity contribution is 6.13. The summed E-state index contributed by atoms with van der Waals surface area (Å²) in [5, 5.41) is 15.1. The van der Waals surface area contributed by atoms with Gasteiger partial charge in [0.25, 0.3) is 5.91 Å². The Morgan fingerprint density at radius 2 is 1.78 bits per heavy atom. The van der Waals surface area contributed by atoms with Gasteiger partial charge < -0.3 is 15.7 Å². The fraction of sp³-hybridized carbons (Fsp3) is 0.429. The number of fused-ring (bicyclic) bond motifs is 1. The predicted octanol–water partition coefficient (Wildman–Crippen LogP) is 4.00. The third-order valence-corrected chi connectivity index (χ3v) is 6.91. The lowest BCUT2D eigenvalue weighted by Crippen LogP contribution is -2.53. The van der Waals surface area contributed by atoms with E-state index in [4.69, 9.17) is 0 Å². The maximum absolute atomic E-state index is 13.5. The number of amides is 3. The van der Waals surface area contributed by atoms with Gasteiger partial charge in [-0.15, -0.1) is 0 Å². The van der Waals surface area contributed by atoms with Crippen molar-refractivity contribution in [2.45, 2.75) is 64.5 Å². The van der Waals surface area contributed by atoms with Crippen LogP contribution in [0.3, 0.4) is 0 Å². The molecule has 2 aromatic carbocycles. The van der Waals surface area contributed by atoms with Gasteiger partial charge in [0.15, 0.2) is 0 Å². The van der Waals surface area contributed by atoms with E-state index in [1.54, 1.807) is 29.2 Å². The van der Waals surface area contributed by atoms with Crippen molar-refractivity contribution in [3.8, 4) is 0 Å². The van der Waals surface area contributed by atoms with E-state index in [0.29, 0.717) is 17.8 Å². The number of nitrogens with one attached hydrogen (secondary N) is 2. The van der Waals surface area contributed by atoms with Crippen LogP contribution in [0.5, 0.6) is 0 Å². The van der Waals surface area contributed by atoms with E-state index < -0.39 is 24.0 Å². The summed E-state index contributed by atoms with van der Waals surface area (Å²) in [4.78, 5) is 53.0. The summed E-state index contributed by atoms with van der Waals surface area (Å²) >= 11 is 0. The largest absolute Gasteiger partial charge is 0.480 e. The molecule has 2 aliphatic rings. The highest BCUT2D eigenvalue weighted by atomic mass is 16.4. The van der Waals surface area contributed by atoms with Gasteiger partial charge in [-0.05, 0) is 48.9 Å². The molecule has 1 heterocycles. The van der Waals surface area contributed by atoms with Gasteiger partial charge in [0, 0.05) is 17.9 Å². The van der Waals surface area contributed by atoms with Gasteiger partial charge in [-0.1, -0.05) is 57.0 Å². The van der Waals surface area contributed by atoms with Crippen molar-refractivity contribution in [1.82, 2.24) is 5.32 Å². The molecule has 2 atom stereocenters. The number of nitrogens with zero attached hydrogens (tertiary/aromatic N) is 1. The Kier molecular flexibility index (Phi) is 7.72. The quantitative estimate of drug-likeness (QED) is 0.516. The van der Waals surface area contributed by atoms with E-state index in [1.807, 2.05) is 32.0 Å². The molecule has 0 spiro atoms. The van der Waals surface area contributed by atoms with Crippen LogP contribution in [0.25, 0.3) is 0 Å². The van der Waals surface area contributed by atoms with Gasteiger partial charge in [0.05, 0.1) is 11.4 Å². The lowest BCUT2D eigenvalue weighted by atomic mass is 9.95. The van der Waals surface area contributed by atoms with Crippen molar-refractivity contribution in [2.75, 3.05) is 10.2 Å². The minimum absolute atomic E-state index is 0.0414. The minimum atomic E-state index is -1.14. The van der Waals surface area contributed by atoms with Crippen molar-refractivity contribution >= 4 is 35.1 Å². The Labute approximate surface area is 211 Å². The Hall–Kier alpha value is -3.68. The second-order valence-corrected chi connectivity index (χ2v) is 10.1. The number of hydrogen-bond acceptors (Lipinski definition) is 4. The number of rotatable bonds is 8. The van der Waals surface area contributed by atoms with E-state index in [-0.39, 0.29) is 35.6 Å². The van der Waals surface area contributed by atoms with Crippen molar-refractivity contribution < 1.29 is 24.3 Å². The van der Waals surface area contributed by atoms with Crippen LogP contribution in [-0.2, 0) is 20.8 Å². The number of hydrogen-bond donors (Lipinski definition) is 3. The summed E-state index contributed by atoms with van der Waals surface area (Å²) in [5.74, 6) is -1.90. The van der Waals surface area contributed by atoms with E-state index in [1.165, 1.54) is 6.07 Å². The highest BCUT2D eigenvalue weighted by Crippen LogP contribution is 2.38. The maximum Gasteiger partial charge on any atom is 0.326 e. The van der Waals surface area contributed by atoms with Crippen molar-refractivity contribution in [3.05, 3.63) is 59.7 Å². The topological polar surface area (TPSA) is 116 Å². The number of carboxylic acids is 1. The molecule has 0 aromatic heterocycles. The van der Waals surface area contributed by atoms with E-state index >= 15 is 0 Å². The van der Waals surface area contributed by atoms with Crippen LogP contribution >= 0.6 is 0 Å². The van der Waals surface area contributed by atoms with Gasteiger partial charge in [-0.3, -0.25) is 19.3 Å². The first-order valence-corrected chi connectivity index (χ1v) is 12.6. The van der Waals surface area contributed by atoms with Crippen LogP contribution in [-0.4, -0.2) is 40.9 Å². The lowest BCUT2D eigenvalue weighted by Gasteiger charge is -2.38. The monoisotopic (exact) mass is 491 g/mol. The minimum Gasteiger partial charge on any atom is -0.480 e. The smallest absolute Gasteiger partial charge is 0.326 e. The standard InChI is InChI=1S/C28H33N3O5/c1-17(2)14-24-26(33)29-21-16-20(12-13-23(21)31(24)27(34)19-10-6-7-11-19)25(32)30-22(28(35)36)15-18-8-4-3-5-9-18/h3-5,8-9,12-13,16-17,19,22,24H,6-7,10-11,14-15H2,1-2H3,(H,29,33)(H,30,32)(H,35,36). The molecule has 1 saturated carbocycles. The van der Waals surface area contributed by atoms with Gasteiger partial charge in [0.1, 0.15) is 12.1 Å². The van der Waals surface area contributed by atoms with Gasteiger partial charge in [-0.25, -0.2) is 4.79 Å². The summed E-state index contributed by atoms with van der Waals surface area (Å²) in [6.45, 7) is 4.03. The summed E-state index contributed by atoms with van der Waals surface area (Å²) in [6.07, 6.45) is 4.32. The zero-order valence-corrected chi connectivity index (χ0v) is 20.7. The molecule has 0 bridgehead atoms. The number of aliphatic carboxylic acids is 1. The van der Waals surface area contributed by atoms with Crippen LogP contribution in [0.2, 0.25) is 0 Å². The maximum atomic E-state index is 13.5. The van der Waals surface area contributed by atoms with Crippen molar-refractivity contribution in [1.29, 1.82) is 0 Å². The lowest BCUT2D eigenvalue weighted by molar-refractivity contribution is -0.139. The van der Waals surface area contributed by atoms with E-state index in [9.17, 15) is 24.3 Å². The van der Waals surface area contributed by atoms with E-state index in [2.05, 4.69) is 10.6 Å². The third kappa shape index (κ3) is 5.58. The summed E-state index contributed by atoms with van der Waals surface area (Å²) in [7, 11) is 0. The molecule has 8 heteroatoms. The Morgan fingerprint density at radius 3 is 2.42 bits per heavy atom. The molecule has 1 fully saturated rings. The van der Waals surface area contributed by atoms with Crippen LogP contribution in [0, 0.1) is 11.8 Å². The molecule has 3 N–H and O–H groups in total. The van der Waals surface area contributed by atoms with Gasteiger partial charge in [0.2, 0.25) is 11.8 Å². The Balaban J connectivity index is 1.59. The third-order valence-electron chi connectivity index (χ3n) is 6.91. The van der Waals surface area contributed by atoms with Gasteiger partial charge >= 0.3 is 5.97 Å². The molecular weight excluding hydrogens is 458 g/mol. The number of carbonyl (C=O) groups is 4. The number of carboxylic acid groups (broad SMARTS) is 1. The van der Waals surface area contributed by atoms with E-state index in [0.717, 1.165) is 31.2 Å². The van der Waals surface area contributed by atoms with Crippen molar-refractivity contribution in [2.24, 2.45) is 11.8 Å². The fourth-order valence-electron chi connectivity index (χ4n) is 5.08. The Bertz CT molecular complexity index is 1140. The molecular formula is C28H33N3O5. The normalized spacial score (nSPS) is 18.5. The first-order valence-electron chi connectivity index (χ1n) is 12.6. The zero-order chi connectivity index (χ0) is 25.8. The molecule has 1 aliphatic heterocycles. The molecule has 0 radical (unpaired) electrons. The summed E-state index contributed by atoms with van der Waals surface area (Å²) in [5.41, 5.74) is 1.96. The number of benzene rings is 2. The average Bonchev–Trinajstić information content (AvgIpc) is 3.39. The second kappa shape index (κ2) is 10.9. The SMILES string of the molecule is CC(C)CC1C(=O)Nc2cc(C(=O)NC(Cc3ccccc3)C(=O)O)ccc2N1C(=O)C1CCCC1. The second-order valence-electron chi connectivity index (χ2n) is 10.1. The number of carbonyl (C=O) groups excluding carboxylic acids is 3. The highest BCUT2D eigenvalue weighted by Gasteiger charge is 2.40. The molecule has 2 unspecified atom stereocenters. The molecule has 4 rings (SSSR count). The van der Waals surface area contributed by atoms with Crippen LogP contribution in [0.15, 0.2) is 48.5 Å². The molecule has 3 amide bonds. The molecule has 190 valence electrons. The van der Waals surface area contributed by atoms with Crippen molar-refractivity contribution in [3.63, 3.8) is 0 Å². The molecule has 2 aromatic rings. The summed E-state index contributed by atoms with van der Waals surface area (Å²) < 4.78 is 0. The molecule has 8 nitrogen and oxygen atoms in total. The molecule has 36 heavy (non-hydrogen) atoms. The average molecular weight is 492 g/mol. The summed E-state index contributed by atoms with van der Waals surface area (Å²) in [6, 6.07) is 12.1. The van der Waals surface area contributed by atoms with Crippen LogP contribution in [0.4, 0.5) is 11.4 Å². The zero-order valence-electron chi connectivity index (χ0n) is 20.7. The molecule has 1 aliphatic carbocycles. The fourth-order valence-corrected chi connectivity index (χ4v) is 5.08. The first kappa shape index (κ1) is 25.4. The van der Waals surface area contributed by atoms with Gasteiger partial charge in [-0.2, -0.15) is 0 Å².